The molecule has 0 spiro atoms. The number of nitrogens with zero attached hydrogens (tertiary/aromatic N) is 3. The smallest absolute Gasteiger partial charge is 0.280 e. The first-order valence-electron chi connectivity index (χ1n) is 5.75. The molecule has 0 amide bonds. The molecule has 1 atom stereocenters. The molecule has 0 saturated heterocycles. The molecule has 0 aromatic carbocycles. The normalized spacial score (nSPS) is 14.6. The molecule has 7 heteroatoms. The summed E-state index contributed by atoms with van der Waals surface area (Å²) in [5.41, 5.74) is 5.79. The van der Waals surface area contributed by atoms with Crippen molar-refractivity contribution in [1.82, 2.24) is 15.3 Å². The van der Waals surface area contributed by atoms with Crippen molar-refractivity contribution in [2.45, 2.75) is 25.8 Å². The number of rotatable bonds is 6. The van der Waals surface area contributed by atoms with Gasteiger partial charge in [-0.3, -0.25) is 0 Å². The molecule has 0 aliphatic heterocycles. The molecular formula is C11H16N4O3. The Labute approximate surface area is 104 Å². The lowest BCUT2D eigenvalue weighted by atomic mass is 10.1. The summed E-state index contributed by atoms with van der Waals surface area (Å²) in [4.78, 5) is 4.20. The highest BCUT2D eigenvalue weighted by molar-refractivity contribution is 5.44. The zero-order valence-electron chi connectivity index (χ0n) is 10.4. The highest BCUT2D eigenvalue weighted by atomic mass is 16.5. The first-order chi connectivity index (χ1) is 8.63. The maximum Gasteiger partial charge on any atom is 0.280 e. The lowest BCUT2D eigenvalue weighted by Crippen LogP contribution is -2.39. The average molecular weight is 252 g/mol. The molecule has 2 heterocycles. The zero-order chi connectivity index (χ0) is 13.0. The van der Waals surface area contributed by atoms with E-state index in [1.54, 1.807) is 13.0 Å². The van der Waals surface area contributed by atoms with E-state index in [4.69, 9.17) is 19.5 Å². The summed E-state index contributed by atoms with van der Waals surface area (Å²) in [5.74, 6) is 0.669. The monoisotopic (exact) mass is 252 g/mol. The Kier molecular flexibility index (Phi) is 3.73. The molecule has 2 aromatic heterocycles. The lowest BCUT2D eigenvalue weighted by molar-refractivity contribution is 0.0867. The summed E-state index contributed by atoms with van der Waals surface area (Å²) in [6.45, 7) is 4.81. The highest BCUT2D eigenvalue weighted by Gasteiger charge is 2.28. The van der Waals surface area contributed by atoms with Crippen molar-refractivity contribution in [3.8, 4) is 11.6 Å². The Balaban J connectivity index is 2.09. The summed E-state index contributed by atoms with van der Waals surface area (Å²) < 4.78 is 15.2. The topological polar surface area (TPSA) is 100 Å². The van der Waals surface area contributed by atoms with Crippen LogP contribution in [0.5, 0.6) is 0 Å². The van der Waals surface area contributed by atoms with Crippen LogP contribution in [0.15, 0.2) is 21.4 Å². The minimum Gasteiger partial charge on any atom is -0.379 e. The van der Waals surface area contributed by atoms with Gasteiger partial charge in [0, 0.05) is 12.7 Å². The first kappa shape index (κ1) is 12.7. The maximum absolute atomic E-state index is 6.09. The number of hydrogen-bond donors (Lipinski definition) is 1. The molecule has 18 heavy (non-hydrogen) atoms. The van der Waals surface area contributed by atoms with Crippen molar-refractivity contribution in [1.29, 1.82) is 0 Å². The molecule has 2 aromatic rings. The lowest BCUT2D eigenvalue weighted by Gasteiger charge is -2.19. The molecule has 0 aliphatic rings. The van der Waals surface area contributed by atoms with E-state index in [1.807, 2.05) is 6.92 Å². The molecule has 98 valence electrons. The largest absolute Gasteiger partial charge is 0.379 e. The second kappa shape index (κ2) is 5.28. The molecule has 0 fully saturated rings. The summed E-state index contributed by atoms with van der Waals surface area (Å²) in [6.07, 6.45) is 2.37. The maximum atomic E-state index is 6.09. The fraction of sp³-hybridized carbons (Fsp3) is 0.545. The van der Waals surface area contributed by atoms with Crippen LogP contribution in [-0.4, -0.2) is 28.5 Å². The molecule has 0 bridgehead atoms. The quantitative estimate of drug-likeness (QED) is 0.774. The Bertz CT molecular complexity index is 478. The van der Waals surface area contributed by atoms with Crippen LogP contribution in [-0.2, 0) is 10.3 Å². The number of aromatic nitrogens is 3. The third-order valence-corrected chi connectivity index (χ3v) is 2.34. The minimum absolute atomic E-state index is 0.283. The minimum atomic E-state index is -0.791. The van der Waals surface area contributed by atoms with Crippen LogP contribution in [0, 0.1) is 0 Å². The SMILES string of the molecule is CCCOCC(C)(N)c1noc(-c2ccon2)n1. The van der Waals surface area contributed by atoms with Crippen LogP contribution < -0.4 is 5.73 Å². The van der Waals surface area contributed by atoms with Gasteiger partial charge in [0.05, 0.1) is 6.61 Å². The van der Waals surface area contributed by atoms with Crippen LogP contribution in [0.1, 0.15) is 26.1 Å². The first-order valence-corrected chi connectivity index (χ1v) is 5.75. The summed E-state index contributed by atoms with van der Waals surface area (Å²) in [6, 6.07) is 1.64. The van der Waals surface area contributed by atoms with Gasteiger partial charge in [0.1, 0.15) is 11.8 Å². The van der Waals surface area contributed by atoms with Gasteiger partial charge in [-0.15, -0.1) is 0 Å². The fourth-order valence-electron chi connectivity index (χ4n) is 1.38. The van der Waals surface area contributed by atoms with Gasteiger partial charge >= 0.3 is 0 Å². The third kappa shape index (κ3) is 2.74. The van der Waals surface area contributed by atoms with E-state index < -0.39 is 5.54 Å². The summed E-state index contributed by atoms with van der Waals surface area (Å²) in [7, 11) is 0. The van der Waals surface area contributed by atoms with Gasteiger partial charge in [-0.2, -0.15) is 4.98 Å². The average Bonchev–Trinajstić information content (AvgIpc) is 3.00. The van der Waals surface area contributed by atoms with E-state index in [1.165, 1.54) is 6.26 Å². The van der Waals surface area contributed by atoms with Crippen molar-refractivity contribution in [3.05, 3.63) is 18.2 Å². The summed E-state index contributed by atoms with van der Waals surface area (Å²) in [5, 5.41) is 7.56. The standard InChI is InChI=1S/C11H16N4O3/c1-3-5-16-7-11(2,12)10-13-9(18-15-10)8-4-6-17-14-8/h4,6H,3,5,7,12H2,1-2H3. The Hall–Kier alpha value is -1.73. The van der Waals surface area contributed by atoms with E-state index in [-0.39, 0.29) is 5.89 Å². The van der Waals surface area contributed by atoms with Gasteiger partial charge in [0.2, 0.25) is 0 Å². The number of hydrogen-bond acceptors (Lipinski definition) is 7. The van der Waals surface area contributed by atoms with E-state index in [0.717, 1.165) is 6.42 Å². The molecule has 2 rings (SSSR count). The van der Waals surface area contributed by atoms with E-state index in [9.17, 15) is 0 Å². The van der Waals surface area contributed by atoms with Crippen LogP contribution in [0.2, 0.25) is 0 Å². The van der Waals surface area contributed by atoms with Crippen LogP contribution >= 0.6 is 0 Å². The molecule has 7 nitrogen and oxygen atoms in total. The van der Waals surface area contributed by atoms with Gasteiger partial charge in [-0.25, -0.2) is 0 Å². The zero-order valence-corrected chi connectivity index (χ0v) is 10.4. The number of nitrogens with two attached hydrogens (primary N) is 1. The number of ether oxygens (including phenoxy) is 1. The van der Waals surface area contributed by atoms with Gasteiger partial charge in [0.15, 0.2) is 11.5 Å². The van der Waals surface area contributed by atoms with Gasteiger partial charge in [-0.1, -0.05) is 17.2 Å². The van der Waals surface area contributed by atoms with Crippen molar-refractivity contribution < 1.29 is 13.8 Å². The predicted octanol–water partition coefficient (Wildman–Crippen LogP) is 1.33. The van der Waals surface area contributed by atoms with Gasteiger partial charge < -0.3 is 19.5 Å². The molecule has 0 saturated carbocycles. The second-order valence-electron chi connectivity index (χ2n) is 4.28. The van der Waals surface area contributed by atoms with E-state index in [2.05, 4.69) is 15.3 Å². The molecule has 0 radical (unpaired) electrons. The van der Waals surface area contributed by atoms with Crippen LogP contribution in [0.4, 0.5) is 0 Å². The van der Waals surface area contributed by atoms with Crippen molar-refractivity contribution >= 4 is 0 Å². The molecule has 1 unspecified atom stereocenters. The predicted molar refractivity (Wildman–Crippen MR) is 62.4 cm³/mol. The van der Waals surface area contributed by atoms with Crippen LogP contribution in [0.25, 0.3) is 11.6 Å². The van der Waals surface area contributed by atoms with Gasteiger partial charge in [-0.05, 0) is 13.3 Å². The highest BCUT2D eigenvalue weighted by Crippen LogP contribution is 2.20. The molecule has 0 aliphatic carbocycles. The third-order valence-electron chi connectivity index (χ3n) is 2.34. The van der Waals surface area contributed by atoms with E-state index in [0.29, 0.717) is 24.7 Å². The Morgan fingerprint density at radius 3 is 2.94 bits per heavy atom. The molecule has 2 N–H and O–H groups in total. The Morgan fingerprint density at radius 2 is 2.28 bits per heavy atom. The van der Waals surface area contributed by atoms with Crippen LogP contribution in [0.3, 0.4) is 0 Å². The van der Waals surface area contributed by atoms with Crippen molar-refractivity contribution in [2.75, 3.05) is 13.2 Å². The van der Waals surface area contributed by atoms with Crippen molar-refractivity contribution in [2.24, 2.45) is 5.73 Å². The second-order valence-corrected chi connectivity index (χ2v) is 4.28. The van der Waals surface area contributed by atoms with Crippen molar-refractivity contribution in [3.63, 3.8) is 0 Å². The Morgan fingerprint density at radius 1 is 1.44 bits per heavy atom. The molecular weight excluding hydrogens is 236 g/mol. The fourth-order valence-corrected chi connectivity index (χ4v) is 1.38. The van der Waals surface area contributed by atoms with Gasteiger partial charge in [0.25, 0.3) is 5.89 Å². The summed E-state index contributed by atoms with van der Waals surface area (Å²) >= 11 is 0. The van der Waals surface area contributed by atoms with E-state index >= 15 is 0 Å².